The van der Waals surface area contributed by atoms with Gasteiger partial charge in [0, 0.05) is 5.54 Å². The molecule has 0 bridgehead atoms. The molecule has 4 nitrogen and oxygen atoms in total. The summed E-state index contributed by atoms with van der Waals surface area (Å²) in [4.78, 5) is 10.8. The highest BCUT2D eigenvalue weighted by Crippen LogP contribution is 2.31. The maximum Gasteiger partial charge on any atom is 0.305 e. The first-order valence-electron chi connectivity index (χ1n) is 5.03. The van der Waals surface area contributed by atoms with Gasteiger partial charge in [-0.1, -0.05) is 0 Å². The van der Waals surface area contributed by atoms with Crippen molar-refractivity contribution in [1.29, 1.82) is 0 Å². The van der Waals surface area contributed by atoms with Crippen molar-refractivity contribution in [2.24, 2.45) is 0 Å². The Labute approximate surface area is 84.6 Å². The lowest BCUT2D eigenvalue weighted by Gasteiger charge is -2.42. The summed E-state index contributed by atoms with van der Waals surface area (Å²) in [7, 11) is 1.83. The molecule has 82 valence electrons. The molecule has 0 aromatic heterocycles. The topological polar surface area (TPSA) is 58.6 Å². The van der Waals surface area contributed by atoms with Gasteiger partial charge in [0.1, 0.15) is 0 Å². The van der Waals surface area contributed by atoms with Gasteiger partial charge in [0.25, 0.3) is 0 Å². The van der Waals surface area contributed by atoms with Crippen LogP contribution in [0.1, 0.15) is 33.1 Å². The first kappa shape index (κ1) is 11.5. The van der Waals surface area contributed by atoms with Gasteiger partial charge in [-0.05, 0) is 33.7 Å². The molecule has 0 aliphatic carbocycles. The van der Waals surface area contributed by atoms with E-state index in [1.165, 1.54) is 0 Å². The number of rotatable bonds is 3. The van der Waals surface area contributed by atoms with Crippen LogP contribution < -0.4 is 5.32 Å². The molecule has 14 heavy (non-hydrogen) atoms. The lowest BCUT2D eigenvalue weighted by atomic mass is 9.81. The number of carboxylic acids is 1. The van der Waals surface area contributed by atoms with Gasteiger partial charge in [-0.25, -0.2) is 0 Å². The van der Waals surface area contributed by atoms with Crippen LogP contribution in [0.3, 0.4) is 0 Å². The summed E-state index contributed by atoms with van der Waals surface area (Å²) >= 11 is 0. The predicted molar refractivity (Wildman–Crippen MR) is 53.3 cm³/mol. The van der Waals surface area contributed by atoms with Crippen LogP contribution in [0, 0.1) is 0 Å². The van der Waals surface area contributed by atoms with Crippen molar-refractivity contribution in [3.05, 3.63) is 0 Å². The number of nitrogens with one attached hydrogen (secondary N) is 1. The summed E-state index contributed by atoms with van der Waals surface area (Å²) in [6.45, 7) is 3.98. The average Bonchev–Trinajstić information content (AvgIpc) is 2.00. The molecule has 2 N–H and O–H groups in total. The van der Waals surface area contributed by atoms with E-state index in [-0.39, 0.29) is 24.2 Å². The molecule has 1 aliphatic heterocycles. The lowest BCUT2D eigenvalue weighted by Crippen LogP contribution is -2.53. The normalized spacial score (nSPS) is 38.2. The quantitative estimate of drug-likeness (QED) is 0.715. The van der Waals surface area contributed by atoms with Gasteiger partial charge >= 0.3 is 5.97 Å². The van der Waals surface area contributed by atoms with E-state index in [9.17, 15) is 4.79 Å². The van der Waals surface area contributed by atoms with Crippen molar-refractivity contribution in [1.82, 2.24) is 5.32 Å². The smallest absolute Gasteiger partial charge is 0.305 e. The van der Waals surface area contributed by atoms with Crippen LogP contribution in [0.2, 0.25) is 0 Å². The first-order chi connectivity index (χ1) is 6.47. The first-order valence-corrected chi connectivity index (χ1v) is 5.03. The highest BCUT2D eigenvalue weighted by Gasteiger charge is 2.38. The molecule has 1 fully saturated rings. The highest BCUT2D eigenvalue weighted by molar-refractivity contribution is 5.68. The second-order valence-corrected chi connectivity index (χ2v) is 4.27. The predicted octanol–water partition coefficient (Wildman–Crippen LogP) is 1.01. The summed E-state index contributed by atoms with van der Waals surface area (Å²) < 4.78 is 5.59. The third-order valence-electron chi connectivity index (χ3n) is 2.84. The summed E-state index contributed by atoms with van der Waals surface area (Å²) in [6, 6.07) is 0. The van der Waals surface area contributed by atoms with Gasteiger partial charge < -0.3 is 15.2 Å². The SMILES string of the molecule is CNC1(CC(=O)O)CC(C)OC(C)C1. The molecule has 1 aliphatic rings. The van der Waals surface area contributed by atoms with Crippen molar-refractivity contribution < 1.29 is 14.6 Å². The van der Waals surface area contributed by atoms with E-state index in [0.717, 1.165) is 12.8 Å². The Morgan fingerprint density at radius 2 is 2.00 bits per heavy atom. The van der Waals surface area contributed by atoms with Crippen molar-refractivity contribution in [3.63, 3.8) is 0 Å². The Morgan fingerprint density at radius 1 is 1.50 bits per heavy atom. The molecular weight excluding hydrogens is 182 g/mol. The number of ether oxygens (including phenoxy) is 1. The Kier molecular flexibility index (Phi) is 3.50. The Morgan fingerprint density at radius 3 is 2.36 bits per heavy atom. The standard InChI is InChI=1S/C10H19NO3/c1-7-4-10(11-3,6-9(12)13)5-8(2)14-7/h7-8,11H,4-6H2,1-3H3,(H,12,13). The molecule has 0 aromatic rings. The van der Waals surface area contributed by atoms with E-state index in [1.807, 2.05) is 20.9 Å². The highest BCUT2D eigenvalue weighted by atomic mass is 16.5. The number of carboxylic acid groups (broad SMARTS) is 1. The van der Waals surface area contributed by atoms with Crippen molar-refractivity contribution in [3.8, 4) is 0 Å². The second kappa shape index (κ2) is 4.28. The fourth-order valence-electron chi connectivity index (χ4n) is 2.40. The number of aliphatic carboxylic acids is 1. The third-order valence-corrected chi connectivity index (χ3v) is 2.84. The summed E-state index contributed by atoms with van der Waals surface area (Å²) in [5.74, 6) is -0.749. The van der Waals surface area contributed by atoms with Gasteiger partial charge in [0.05, 0.1) is 18.6 Å². The molecule has 0 radical (unpaired) electrons. The Bertz CT molecular complexity index is 207. The van der Waals surface area contributed by atoms with Crippen LogP contribution in [0.25, 0.3) is 0 Å². The van der Waals surface area contributed by atoms with Crippen molar-refractivity contribution in [2.75, 3.05) is 7.05 Å². The minimum atomic E-state index is -0.749. The van der Waals surface area contributed by atoms with E-state index in [0.29, 0.717) is 0 Å². The van der Waals surface area contributed by atoms with Gasteiger partial charge in [-0.2, -0.15) is 0 Å². The zero-order valence-corrected chi connectivity index (χ0v) is 9.04. The number of hydrogen-bond donors (Lipinski definition) is 2. The van der Waals surface area contributed by atoms with E-state index in [2.05, 4.69) is 5.32 Å². The summed E-state index contributed by atoms with van der Waals surface area (Å²) in [5, 5.41) is 12.0. The average molecular weight is 201 g/mol. The molecule has 1 heterocycles. The minimum Gasteiger partial charge on any atom is -0.481 e. The molecule has 2 unspecified atom stereocenters. The molecule has 1 saturated heterocycles. The second-order valence-electron chi connectivity index (χ2n) is 4.27. The number of carbonyl (C=O) groups is 1. The third kappa shape index (κ3) is 2.69. The van der Waals surface area contributed by atoms with Crippen molar-refractivity contribution >= 4 is 5.97 Å². The van der Waals surface area contributed by atoms with E-state index >= 15 is 0 Å². The van der Waals surface area contributed by atoms with Crippen LogP contribution >= 0.6 is 0 Å². The van der Waals surface area contributed by atoms with Crippen LogP contribution in [-0.4, -0.2) is 35.9 Å². The molecule has 0 amide bonds. The van der Waals surface area contributed by atoms with Gasteiger partial charge in [-0.3, -0.25) is 4.79 Å². The van der Waals surface area contributed by atoms with Gasteiger partial charge in [-0.15, -0.1) is 0 Å². The summed E-state index contributed by atoms with van der Waals surface area (Å²) in [6.07, 6.45) is 1.96. The Balaban J connectivity index is 2.71. The summed E-state index contributed by atoms with van der Waals surface area (Å²) in [5.41, 5.74) is -0.289. The number of hydrogen-bond acceptors (Lipinski definition) is 3. The fraction of sp³-hybridized carbons (Fsp3) is 0.900. The van der Waals surface area contributed by atoms with Gasteiger partial charge in [0.2, 0.25) is 0 Å². The van der Waals surface area contributed by atoms with Gasteiger partial charge in [0.15, 0.2) is 0 Å². The Hall–Kier alpha value is -0.610. The van der Waals surface area contributed by atoms with Crippen LogP contribution in [-0.2, 0) is 9.53 Å². The molecule has 2 atom stereocenters. The zero-order chi connectivity index (χ0) is 10.8. The lowest BCUT2D eigenvalue weighted by molar-refractivity contribution is -0.141. The molecule has 4 heteroatoms. The fourth-order valence-corrected chi connectivity index (χ4v) is 2.40. The van der Waals surface area contributed by atoms with Crippen molar-refractivity contribution in [2.45, 2.75) is 50.9 Å². The van der Waals surface area contributed by atoms with Crippen LogP contribution in [0.5, 0.6) is 0 Å². The molecule has 0 saturated carbocycles. The van der Waals surface area contributed by atoms with E-state index in [1.54, 1.807) is 0 Å². The van der Waals surface area contributed by atoms with E-state index in [4.69, 9.17) is 9.84 Å². The minimum absolute atomic E-state index is 0.130. The molecule has 0 spiro atoms. The van der Waals surface area contributed by atoms with E-state index < -0.39 is 5.97 Å². The zero-order valence-electron chi connectivity index (χ0n) is 9.04. The maximum atomic E-state index is 10.8. The largest absolute Gasteiger partial charge is 0.481 e. The van der Waals surface area contributed by atoms with Crippen LogP contribution in [0.4, 0.5) is 0 Å². The molecular formula is C10H19NO3. The molecule has 1 rings (SSSR count). The maximum absolute atomic E-state index is 10.8. The van der Waals surface area contributed by atoms with Crippen LogP contribution in [0.15, 0.2) is 0 Å². The molecule has 0 aromatic carbocycles. The monoisotopic (exact) mass is 201 g/mol.